The average molecular weight is 372 g/mol. The molecule has 0 unspecified atom stereocenters. The maximum absolute atomic E-state index is 12.8. The molecule has 0 N–H and O–H groups in total. The van der Waals surface area contributed by atoms with Gasteiger partial charge in [0.15, 0.2) is 0 Å². The lowest BCUT2D eigenvalue weighted by Gasteiger charge is -2.23. The number of aromatic nitrogens is 3. The number of nitrogens with zero attached hydrogens (tertiary/aromatic N) is 4. The number of amides is 1. The van der Waals surface area contributed by atoms with Gasteiger partial charge < -0.3 is 9.42 Å². The van der Waals surface area contributed by atoms with Crippen LogP contribution in [0.4, 0.5) is 0 Å². The summed E-state index contributed by atoms with van der Waals surface area (Å²) in [5.41, 5.74) is 1.29. The maximum Gasteiger partial charge on any atom is 0.271 e. The van der Waals surface area contributed by atoms with E-state index in [1.54, 1.807) is 11.0 Å². The number of likely N-dealkylation sites (tertiary alicyclic amines) is 1. The molecule has 0 aliphatic carbocycles. The van der Waals surface area contributed by atoms with Crippen LogP contribution in [0.2, 0.25) is 0 Å². The van der Waals surface area contributed by atoms with Gasteiger partial charge in [-0.15, -0.1) is 11.3 Å². The molecule has 1 amide bonds. The Balaban J connectivity index is 1.56. The molecule has 0 radical (unpaired) electrons. The first-order valence-electron chi connectivity index (χ1n) is 8.73. The summed E-state index contributed by atoms with van der Waals surface area (Å²) >= 11 is 1.35. The van der Waals surface area contributed by atoms with Gasteiger partial charge >= 0.3 is 0 Å². The second-order valence-electron chi connectivity index (χ2n) is 6.87. The van der Waals surface area contributed by atoms with E-state index < -0.39 is 0 Å². The van der Waals surface area contributed by atoms with Crippen molar-refractivity contribution in [2.75, 3.05) is 6.54 Å². The van der Waals surface area contributed by atoms with Gasteiger partial charge in [0.2, 0.25) is 5.91 Å². The molecule has 1 atom stereocenters. The predicted molar refractivity (Wildman–Crippen MR) is 98.2 cm³/mol. The van der Waals surface area contributed by atoms with Crippen LogP contribution in [0.25, 0.3) is 10.2 Å². The molecule has 3 aromatic rings. The van der Waals surface area contributed by atoms with Crippen molar-refractivity contribution in [1.82, 2.24) is 19.6 Å². The first-order valence-corrected chi connectivity index (χ1v) is 9.61. The van der Waals surface area contributed by atoms with Gasteiger partial charge in [0.25, 0.3) is 5.56 Å². The van der Waals surface area contributed by atoms with Crippen LogP contribution in [-0.2, 0) is 11.3 Å². The van der Waals surface area contributed by atoms with Crippen LogP contribution >= 0.6 is 11.3 Å². The average Bonchev–Trinajstić information content (AvgIpc) is 3.36. The molecule has 1 aliphatic heterocycles. The molecule has 4 heterocycles. The number of thiophene rings is 1. The van der Waals surface area contributed by atoms with Gasteiger partial charge in [-0.25, -0.2) is 4.98 Å². The Kier molecular flexibility index (Phi) is 4.36. The van der Waals surface area contributed by atoms with Crippen LogP contribution < -0.4 is 5.56 Å². The minimum Gasteiger partial charge on any atom is -0.361 e. The van der Waals surface area contributed by atoms with Crippen molar-refractivity contribution in [2.24, 2.45) is 0 Å². The van der Waals surface area contributed by atoms with Crippen LogP contribution in [0.3, 0.4) is 0 Å². The number of hydrogen-bond donors (Lipinski definition) is 0. The van der Waals surface area contributed by atoms with E-state index in [1.165, 1.54) is 22.2 Å². The minimum absolute atomic E-state index is 0.00887. The van der Waals surface area contributed by atoms with Crippen molar-refractivity contribution in [2.45, 2.75) is 45.2 Å². The Morgan fingerprint density at radius 1 is 1.46 bits per heavy atom. The molecule has 8 heteroatoms. The number of carbonyl (C=O) groups is 1. The van der Waals surface area contributed by atoms with Crippen LogP contribution in [-0.4, -0.2) is 32.1 Å². The SMILES string of the molecule is CC(C)c1cc([C@@H]2CCCN2C(=O)Cn2cnc3ccsc3c2=O)no1. The van der Waals surface area contributed by atoms with Crippen molar-refractivity contribution in [1.29, 1.82) is 0 Å². The lowest BCUT2D eigenvalue weighted by molar-refractivity contribution is -0.132. The van der Waals surface area contributed by atoms with Gasteiger partial charge in [0.05, 0.1) is 17.9 Å². The highest BCUT2D eigenvalue weighted by atomic mass is 32.1. The van der Waals surface area contributed by atoms with Gasteiger partial charge in [0.1, 0.15) is 22.7 Å². The van der Waals surface area contributed by atoms with Crippen molar-refractivity contribution in [3.05, 3.63) is 45.6 Å². The van der Waals surface area contributed by atoms with Gasteiger partial charge in [-0.2, -0.15) is 0 Å². The van der Waals surface area contributed by atoms with E-state index in [1.807, 2.05) is 25.3 Å². The van der Waals surface area contributed by atoms with Gasteiger partial charge in [0, 0.05) is 18.5 Å². The molecule has 4 rings (SSSR count). The number of fused-ring (bicyclic) bond motifs is 1. The van der Waals surface area contributed by atoms with Crippen LogP contribution in [0, 0.1) is 0 Å². The zero-order valence-corrected chi connectivity index (χ0v) is 15.5. The van der Waals surface area contributed by atoms with E-state index in [0.717, 1.165) is 24.3 Å². The van der Waals surface area contributed by atoms with Gasteiger partial charge in [-0.1, -0.05) is 19.0 Å². The largest absolute Gasteiger partial charge is 0.361 e. The second-order valence-corrected chi connectivity index (χ2v) is 7.78. The lowest BCUT2D eigenvalue weighted by Crippen LogP contribution is -2.36. The van der Waals surface area contributed by atoms with Gasteiger partial charge in [-0.05, 0) is 24.3 Å². The van der Waals surface area contributed by atoms with E-state index in [-0.39, 0.29) is 30.0 Å². The van der Waals surface area contributed by atoms with E-state index in [4.69, 9.17) is 4.52 Å². The summed E-state index contributed by atoms with van der Waals surface area (Å²) in [4.78, 5) is 31.4. The molecule has 1 aliphatic rings. The first-order chi connectivity index (χ1) is 12.5. The third kappa shape index (κ3) is 2.94. The smallest absolute Gasteiger partial charge is 0.271 e. The Bertz CT molecular complexity index is 1000. The molecule has 26 heavy (non-hydrogen) atoms. The second kappa shape index (κ2) is 6.68. The van der Waals surface area contributed by atoms with Crippen molar-refractivity contribution in [3.63, 3.8) is 0 Å². The zero-order chi connectivity index (χ0) is 18.3. The molecule has 0 spiro atoms. The molecule has 0 bridgehead atoms. The van der Waals surface area contributed by atoms with Crippen LogP contribution in [0.1, 0.15) is 50.1 Å². The number of hydrogen-bond acceptors (Lipinski definition) is 6. The standard InChI is InChI=1S/C18H20N4O3S/c1-11(2)15-8-13(20-25-15)14-4-3-6-22(14)16(23)9-21-10-19-12-5-7-26-17(12)18(21)24/h5,7-8,10-11,14H,3-4,6,9H2,1-2H3/t14-/m0/s1. The molecule has 3 aromatic heterocycles. The number of carbonyl (C=O) groups excluding carboxylic acids is 1. The summed E-state index contributed by atoms with van der Waals surface area (Å²) in [6.07, 6.45) is 3.22. The molecule has 1 fully saturated rings. The summed E-state index contributed by atoms with van der Waals surface area (Å²) in [5.74, 6) is 0.980. The van der Waals surface area contributed by atoms with Crippen LogP contribution in [0.5, 0.6) is 0 Å². The molecule has 0 saturated carbocycles. The highest BCUT2D eigenvalue weighted by Crippen LogP contribution is 2.32. The summed E-state index contributed by atoms with van der Waals surface area (Å²) in [5, 5.41) is 5.99. The monoisotopic (exact) mass is 372 g/mol. The fraction of sp³-hybridized carbons (Fsp3) is 0.444. The molecule has 7 nitrogen and oxygen atoms in total. The summed E-state index contributed by atoms with van der Waals surface area (Å²) in [7, 11) is 0. The molecule has 136 valence electrons. The van der Waals surface area contributed by atoms with Crippen LogP contribution in [0.15, 0.2) is 33.2 Å². The molecule has 1 saturated heterocycles. The summed E-state index contributed by atoms with van der Waals surface area (Å²) in [6, 6.07) is 3.65. The Morgan fingerprint density at radius 2 is 2.31 bits per heavy atom. The van der Waals surface area contributed by atoms with Crippen molar-refractivity contribution in [3.8, 4) is 0 Å². The fourth-order valence-corrected chi connectivity index (χ4v) is 4.13. The van der Waals surface area contributed by atoms with Crippen molar-refractivity contribution < 1.29 is 9.32 Å². The zero-order valence-electron chi connectivity index (χ0n) is 14.7. The third-order valence-electron chi connectivity index (χ3n) is 4.77. The summed E-state index contributed by atoms with van der Waals surface area (Å²) < 4.78 is 7.36. The van der Waals surface area contributed by atoms with E-state index in [2.05, 4.69) is 10.1 Å². The number of rotatable bonds is 4. The normalized spacial score (nSPS) is 17.5. The van der Waals surface area contributed by atoms with E-state index in [9.17, 15) is 9.59 Å². The Morgan fingerprint density at radius 3 is 3.08 bits per heavy atom. The maximum atomic E-state index is 12.8. The van der Waals surface area contributed by atoms with E-state index in [0.29, 0.717) is 16.8 Å². The predicted octanol–water partition coefficient (Wildman–Crippen LogP) is 2.93. The lowest BCUT2D eigenvalue weighted by atomic mass is 10.1. The van der Waals surface area contributed by atoms with E-state index >= 15 is 0 Å². The van der Waals surface area contributed by atoms with Crippen molar-refractivity contribution >= 4 is 27.5 Å². The van der Waals surface area contributed by atoms with Gasteiger partial charge in [-0.3, -0.25) is 14.2 Å². The molecule has 0 aromatic carbocycles. The third-order valence-corrected chi connectivity index (χ3v) is 5.66. The molecular weight excluding hydrogens is 352 g/mol. The quantitative estimate of drug-likeness (QED) is 0.703. The highest BCUT2D eigenvalue weighted by molar-refractivity contribution is 7.17. The first kappa shape index (κ1) is 17.0. The Hall–Kier alpha value is -2.48. The Labute approximate surface area is 154 Å². The topological polar surface area (TPSA) is 81.2 Å². The minimum atomic E-state index is -0.169. The fourth-order valence-electron chi connectivity index (χ4n) is 3.33. The summed E-state index contributed by atoms with van der Waals surface area (Å²) in [6.45, 7) is 4.74. The highest BCUT2D eigenvalue weighted by Gasteiger charge is 2.32. The molecular formula is C18H20N4O3S.